The highest BCUT2D eigenvalue weighted by molar-refractivity contribution is 9.10. The molecule has 0 bridgehead atoms. The molecule has 1 aromatic carbocycles. The monoisotopic (exact) mass is 447 g/mol. The van der Waals surface area contributed by atoms with Crippen molar-refractivity contribution in [1.29, 1.82) is 0 Å². The normalized spacial score (nSPS) is 15.8. The number of sulfonamides is 1. The van der Waals surface area contributed by atoms with Crippen molar-refractivity contribution in [3.8, 4) is 11.3 Å². The molecule has 0 spiro atoms. The number of aromatic nitrogens is 3. The van der Waals surface area contributed by atoms with Crippen molar-refractivity contribution >= 4 is 31.8 Å². The van der Waals surface area contributed by atoms with Crippen LogP contribution in [-0.4, -0.2) is 54.1 Å². The highest BCUT2D eigenvalue weighted by Crippen LogP contribution is 2.24. The van der Waals surface area contributed by atoms with Crippen molar-refractivity contribution in [3.63, 3.8) is 0 Å². The zero-order chi connectivity index (χ0) is 18.9. The van der Waals surface area contributed by atoms with Gasteiger partial charge in [0.25, 0.3) is 0 Å². The molecule has 4 rings (SSSR count). The Kier molecular flexibility index (Phi) is 4.98. The van der Waals surface area contributed by atoms with E-state index in [0.29, 0.717) is 31.1 Å². The zero-order valence-electron chi connectivity index (χ0n) is 14.4. The number of anilines is 1. The Morgan fingerprint density at radius 3 is 2.44 bits per heavy atom. The third-order valence-corrected chi connectivity index (χ3v) is 6.99. The number of piperazine rings is 1. The molecule has 27 heavy (non-hydrogen) atoms. The van der Waals surface area contributed by atoms with E-state index in [4.69, 9.17) is 0 Å². The lowest BCUT2D eigenvalue weighted by Crippen LogP contribution is -2.48. The first kappa shape index (κ1) is 18.1. The molecule has 3 heterocycles. The fourth-order valence-electron chi connectivity index (χ4n) is 3.06. The molecule has 0 atom stereocenters. The Hall–Kier alpha value is -2.23. The molecule has 140 valence electrons. The molecule has 1 saturated heterocycles. The third-order valence-electron chi connectivity index (χ3n) is 4.55. The maximum Gasteiger partial charge on any atom is 0.243 e. The molecule has 0 saturated carbocycles. The van der Waals surface area contributed by atoms with E-state index in [2.05, 4.69) is 36.0 Å². The summed E-state index contributed by atoms with van der Waals surface area (Å²) in [6.45, 7) is 2.03. The molecule has 0 aliphatic carbocycles. The van der Waals surface area contributed by atoms with Crippen molar-refractivity contribution in [1.82, 2.24) is 19.5 Å². The minimum Gasteiger partial charge on any atom is -0.352 e. The second-order valence-electron chi connectivity index (χ2n) is 6.23. The van der Waals surface area contributed by atoms with Crippen LogP contribution in [0.15, 0.2) is 64.2 Å². The van der Waals surface area contributed by atoms with Gasteiger partial charge in [0.2, 0.25) is 10.0 Å². The maximum atomic E-state index is 12.8. The number of pyridine rings is 1. The summed E-state index contributed by atoms with van der Waals surface area (Å²) in [6.07, 6.45) is 3.51. The third kappa shape index (κ3) is 3.76. The average molecular weight is 448 g/mol. The molecule has 1 N–H and O–H groups in total. The van der Waals surface area contributed by atoms with Crippen LogP contribution in [0.25, 0.3) is 11.3 Å². The van der Waals surface area contributed by atoms with E-state index in [9.17, 15) is 8.42 Å². The highest BCUT2D eigenvalue weighted by Gasteiger charge is 2.29. The Labute approximate surface area is 166 Å². The lowest BCUT2D eigenvalue weighted by Gasteiger charge is -2.34. The van der Waals surface area contributed by atoms with E-state index < -0.39 is 10.0 Å². The van der Waals surface area contributed by atoms with Crippen molar-refractivity contribution in [2.75, 3.05) is 31.1 Å². The predicted molar refractivity (Wildman–Crippen MR) is 107 cm³/mol. The number of aromatic amines is 1. The summed E-state index contributed by atoms with van der Waals surface area (Å²) in [5.41, 5.74) is 1.86. The van der Waals surface area contributed by atoms with Crippen LogP contribution in [0.1, 0.15) is 0 Å². The van der Waals surface area contributed by atoms with Crippen LogP contribution in [-0.2, 0) is 10.0 Å². The van der Waals surface area contributed by atoms with Crippen LogP contribution < -0.4 is 4.90 Å². The van der Waals surface area contributed by atoms with E-state index >= 15 is 0 Å². The van der Waals surface area contributed by atoms with Gasteiger partial charge in [-0.05, 0) is 36.4 Å². The van der Waals surface area contributed by atoms with Crippen molar-refractivity contribution < 1.29 is 8.42 Å². The number of halogens is 1. The number of nitrogens with zero attached hydrogens (tertiary/aromatic N) is 4. The summed E-state index contributed by atoms with van der Waals surface area (Å²) >= 11 is 3.33. The second-order valence-corrected chi connectivity index (χ2v) is 9.08. The highest BCUT2D eigenvalue weighted by atomic mass is 79.9. The lowest BCUT2D eigenvalue weighted by atomic mass is 10.2. The lowest BCUT2D eigenvalue weighted by molar-refractivity contribution is 0.384. The van der Waals surface area contributed by atoms with Crippen LogP contribution in [0.5, 0.6) is 0 Å². The van der Waals surface area contributed by atoms with Crippen LogP contribution in [0.2, 0.25) is 0 Å². The van der Waals surface area contributed by atoms with Crippen LogP contribution in [0, 0.1) is 0 Å². The van der Waals surface area contributed by atoms with Crippen molar-refractivity contribution in [2.24, 2.45) is 0 Å². The van der Waals surface area contributed by atoms with Gasteiger partial charge >= 0.3 is 0 Å². The first-order valence-corrected chi connectivity index (χ1v) is 10.7. The van der Waals surface area contributed by atoms with Gasteiger partial charge in [0.15, 0.2) is 5.82 Å². The molecular weight excluding hydrogens is 430 g/mol. The molecule has 2 aromatic heterocycles. The molecule has 7 nitrogen and oxygen atoms in total. The minimum absolute atomic E-state index is 0.317. The summed E-state index contributed by atoms with van der Waals surface area (Å²) in [5.74, 6) is 0.814. The Morgan fingerprint density at radius 1 is 1.04 bits per heavy atom. The molecule has 1 fully saturated rings. The molecule has 0 unspecified atom stereocenters. The van der Waals surface area contributed by atoms with Crippen molar-refractivity contribution in [2.45, 2.75) is 4.90 Å². The second kappa shape index (κ2) is 7.41. The van der Waals surface area contributed by atoms with E-state index in [0.717, 1.165) is 21.5 Å². The molecular formula is C18H18BrN5O2S. The number of nitrogens with one attached hydrogen (secondary N) is 1. The molecule has 1 aliphatic heterocycles. The van der Waals surface area contributed by atoms with E-state index in [1.807, 2.05) is 18.2 Å². The van der Waals surface area contributed by atoms with Gasteiger partial charge in [-0.15, -0.1) is 0 Å². The quantitative estimate of drug-likeness (QED) is 0.664. The standard InChI is InChI=1S/C18H18BrN5O2S/c19-15-3-5-16(6-4-15)27(25,26)24-10-8-23(9-11-24)18-12-17(21-22-18)14-2-1-7-20-13-14/h1-7,12-13H,8-11H2,(H,21,22). The summed E-state index contributed by atoms with van der Waals surface area (Å²) in [6, 6.07) is 12.5. The Balaban J connectivity index is 1.45. The van der Waals surface area contributed by atoms with Gasteiger partial charge in [0, 0.05) is 54.7 Å². The Morgan fingerprint density at radius 2 is 1.78 bits per heavy atom. The average Bonchev–Trinajstić information content (AvgIpc) is 3.19. The molecule has 1 aliphatic rings. The van der Waals surface area contributed by atoms with Crippen LogP contribution in [0.3, 0.4) is 0 Å². The maximum absolute atomic E-state index is 12.8. The van der Waals surface area contributed by atoms with E-state index in [1.54, 1.807) is 36.7 Å². The van der Waals surface area contributed by atoms with Gasteiger partial charge in [0.05, 0.1) is 10.6 Å². The van der Waals surface area contributed by atoms with Gasteiger partial charge in [-0.1, -0.05) is 15.9 Å². The SMILES string of the molecule is O=S(=O)(c1ccc(Br)cc1)N1CCN(c2cc(-c3cccnc3)[nH]n2)CC1. The molecule has 0 amide bonds. The minimum atomic E-state index is -3.47. The zero-order valence-corrected chi connectivity index (χ0v) is 16.8. The fourth-order valence-corrected chi connectivity index (χ4v) is 4.74. The first-order valence-electron chi connectivity index (χ1n) is 8.50. The predicted octanol–water partition coefficient (Wildman–Crippen LogP) is 2.75. The number of H-pyrrole nitrogens is 1. The van der Waals surface area contributed by atoms with Crippen LogP contribution in [0.4, 0.5) is 5.82 Å². The largest absolute Gasteiger partial charge is 0.352 e. The van der Waals surface area contributed by atoms with Gasteiger partial charge in [0.1, 0.15) is 0 Å². The smallest absolute Gasteiger partial charge is 0.243 e. The topological polar surface area (TPSA) is 82.2 Å². The summed E-state index contributed by atoms with van der Waals surface area (Å²) < 4.78 is 28.0. The number of rotatable bonds is 4. The number of benzene rings is 1. The molecule has 0 radical (unpaired) electrons. The van der Waals surface area contributed by atoms with Crippen LogP contribution >= 0.6 is 15.9 Å². The number of hydrogen-bond donors (Lipinski definition) is 1. The van der Waals surface area contributed by atoms with Crippen molar-refractivity contribution in [3.05, 3.63) is 59.3 Å². The van der Waals surface area contributed by atoms with E-state index in [-0.39, 0.29) is 0 Å². The summed E-state index contributed by atoms with van der Waals surface area (Å²) in [7, 11) is -3.47. The van der Waals surface area contributed by atoms with Gasteiger partial charge in [-0.3, -0.25) is 10.1 Å². The van der Waals surface area contributed by atoms with Gasteiger partial charge in [-0.2, -0.15) is 9.40 Å². The number of hydrogen-bond acceptors (Lipinski definition) is 5. The Bertz CT molecular complexity index is 1010. The first-order chi connectivity index (χ1) is 13.0. The summed E-state index contributed by atoms with van der Waals surface area (Å²) in [4.78, 5) is 6.52. The van der Waals surface area contributed by atoms with Gasteiger partial charge in [-0.25, -0.2) is 8.42 Å². The summed E-state index contributed by atoms with van der Waals surface area (Å²) in [5, 5.41) is 7.40. The molecule has 3 aromatic rings. The van der Waals surface area contributed by atoms with E-state index in [1.165, 1.54) is 4.31 Å². The molecule has 9 heteroatoms. The van der Waals surface area contributed by atoms with Gasteiger partial charge < -0.3 is 4.90 Å². The fraction of sp³-hybridized carbons (Fsp3) is 0.222.